The number of halogens is 3. The van der Waals surface area contributed by atoms with Gasteiger partial charge in [0.05, 0.1) is 11.9 Å². The minimum atomic E-state index is -3.10. The van der Waals surface area contributed by atoms with Crippen LogP contribution in [0.3, 0.4) is 0 Å². The van der Waals surface area contributed by atoms with Gasteiger partial charge in [-0.2, -0.15) is 19.0 Å². The van der Waals surface area contributed by atoms with Crippen molar-refractivity contribution in [2.45, 2.75) is 32.0 Å². The number of carbonyl (C=O) groups excluding carboxylic acids is 2. The molecule has 5 heterocycles. The molecule has 0 radical (unpaired) electrons. The summed E-state index contributed by atoms with van der Waals surface area (Å²) in [4.78, 5) is 32.5. The van der Waals surface area contributed by atoms with E-state index in [0.717, 1.165) is 19.4 Å². The van der Waals surface area contributed by atoms with Gasteiger partial charge in [0.15, 0.2) is 5.65 Å². The lowest BCUT2D eigenvalue weighted by atomic mass is 9.94. The van der Waals surface area contributed by atoms with Gasteiger partial charge in [0.1, 0.15) is 23.6 Å². The van der Waals surface area contributed by atoms with Crippen molar-refractivity contribution < 1.29 is 23.1 Å². The van der Waals surface area contributed by atoms with E-state index in [-0.39, 0.29) is 51.8 Å². The van der Waals surface area contributed by atoms with Crippen LogP contribution in [0.5, 0.6) is 5.75 Å². The molecule has 6 rings (SSSR count). The molecule has 40 heavy (non-hydrogen) atoms. The SMILES string of the molecule is O=C(Nc1cn(CC(=O)N2CC3CCCNC3C2)nc1-c1cc(Cl)ccc1OC(F)F)c1cnn2cccnc12. The zero-order chi connectivity index (χ0) is 27.8. The summed E-state index contributed by atoms with van der Waals surface area (Å²) in [6.07, 6.45) is 8.20. The molecular formula is C26H25ClF2N8O3. The summed E-state index contributed by atoms with van der Waals surface area (Å²) in [5, 5.41) is 15.1. The van der Waals surface area contributed by atoms with Crippen LogP contribution in [0.25, 0.3) is 16.9 Å². The highest BCUT2D eigenvalue weighted by molar-refractivity contribution is 6.31. The molecule has 2 amide bonds. The molecular weight excluding hydrogens is 546 g/mol. The summed E-state index contributed by atoms with van der Waals surface area (Å²) in [6, 6.07) is 6.08. The third-order valence-electron chi connectivity index (χ3n) is 7.20. The standard InChI is InChI=1S/C26H25ClF2N8O3/c27-16-4-5-21(40-26(28)29)17(9-16)23-20(33-25(39)18-10-32-37-8-2-7-31-24(18)37)13-36(34-23)14-22(38)35-11-15-3-1-6-30-19(15)12-35/h2,4-5,7-10,13,15,19,26,30H,1,3,6,11-12,14H2,(H,33,39). The number of piperidine rings is 1. The molecule has 208 valence electrons. The Labute approximate surface area is 232 Å². The predicted molar refractivity (Wildman–Crippen MR) is 141 cm³/mol. The quantitative estimate of drug-likeness (QED) is 0.350. The van der Waals surface area contributed by atoms with E-state index in [1.165, 1.54) is 46.0 Å². The Balaban J connectivity index is 1.32. The molecule has 2 aliphatic heterocycles. The van der Waals surface area contributed by atoms with Gasteiger partial charge in [-0.05, 0) is 49.6 Å². The smallest absolute Gasteiger partial charge is 0.387 e. The molecule has 2 atom stereocenters. The van der Waals surface area contributed by atoms with Gasteiger partial charge >= 0.3 is 6.61 Å². The maximum Gasteiger partial charge on any atom is 0.387 e. The van der Waals surface area contributed by atoms with Gasteiger partial charge in [-0.25, -0.2) is 9.50 Å². The minimum Gasteiger partial charge on any atom is -0.434 e. The number of alkyl halides is 2. The van der Waals surface area contributed by atoms with Crippen molar-refractivity contribution in [3.8, 4) is 17.0 Å². The van der Waals surface area contributed by atoms with Crippen LogP contribution >= 0.6 is 11.6 Å². The summed E-state index contributed by atoms with van der Waals surface area (Å²) in [5.41, 5.74) is 0.936. The number of ether oxygens (including phenoxy) is 1. The monoisotopic (exact) mass is 570 g/mol. The lowest BCUT2D eigenvalue weighted by Crippen LogP contribution is -2.41. The lowest BCUT2D eigenvalue weighted by molar-refractivity contribution is -0.131. The second-order valence-electron chi connectivity index (χ2n) is 9.77. The number of benzene rings is 1. The van der Waals surface area contributed by atoms with Crippen molar-refractivity contribution in [3.63, 3.8) is 0 Å². The number of likely N-dealkylation sites (tertiary alicyclic amines) is 1. The first-order valence-corrected chi connectivity index (χ1v) is 13.2. The van der Waals surface area contributed by atoms with Crippen LogP contribution in [0.2, 0.25) is 5.02 Å². The second kappa shape index (κ2) is 10.8. The molecule has 2 unspecified atom stereocenters. The van der Waals surface area contributed by atoms with Crippen molar-refractivity contribution in [2.75, 3.05) is 25.0 Å². The Morgan fingerprint density at radius 2 is 2.15 bits per heavy atom. The van der Waals surface area contributed by atoms with Gasteiger partial charge in [0, 0.05) is 48.3 Å². The predicted octanol–water partition coefficient (Wildman–Crippen LogP) is 3.31. The summed E-state index contributed by atoms with van der Waals surface area (Å²) in [6.45, 7) is -0.981. The molecule has 0 aliphatic carbocycles. The molecule has 0 bridgehead atoms. The summed E-state index contributed by atoms with van der Waals surface area (Å²) in [7, 11) is 0. The number of carbonyl (C=O) groups is 2. The zero-order valence-corrected chi connectivity index (χ0v) is 21.9. The van der Waals surface area contributed by atoms with E-state index in [0.29, 0.717) is 24.7 Å². The molecule has 2 N–H and O–H groups in total. The van der Waals surface area contributed by atoms with E-state index >= 15 is 0 Å². The first-order valence-electron chi connectivity index (χ1n) is 12.8. The summed E-state index contributed by atoms with van der Waals surface area (Å²) >= 11 is 6.19. The van der Waals surface area contributed by atoms with Crippen LogP contribution in [0.1, 0.15) is 23.2 Å². The number of nitrogens with zero attached hydrogens (tertiary/aromatic N) is 6. The van der Waals surface area contributed by atoms with E-state index in [1.807, 2.05) is 4.90 Å². The van der Waals surface area contributed by atoms with Gasteiger partial charge in [0.25, 0.3) is 5.91 Å². The van der Waals surface area contributed by atoms with E-state index in [9.17, 15) is 18.4 Å². The maximum absolute atomic E-state index is 13.3. The largest absolute Gasteiger partial charge is 0.434 e. The van der Waals surface area contributed by atoms with Crippen LogP contribution in [-0.4, -0.2) is 73.4 Å². The number of rotatable bonds is 7. The fraction of sp³-hybridized carbons (Fsp3) is 0.346. The van der Waals surface area contributed by atoms with Crippen LogP contribution in [-0.2, 0) is 11.3 Å². The van der Waals surface area contributed by atoms with Crippen molar-refractivity contribution in [2.24, 2.45) is 5.92 Å². The molecule has 2 aliphatic rings. The first kappa shape index (κ1) is 26.1. The van der Waals surface area contributed by atoms with Gasteiger partial charge < -0.3 is 20.3 Å². The molecule has 3 aromatic heterocycles. The highest BCUT2D eigenvalue weighted by Gasteiger charge is 2.36. The molecule has 14 heteroatoms. The van der Waals surface area contributed by atoms with Crippen molar-refractivity contribution in [1.29, 1.82) is 0 Å². The minimum absolute atomic E-state index is 0.105. The van der Waals surface area contributed by atoms with E-state index < -0.39 is 12.5 Å². The molecule has 1 aromatic carbocycles. The van der Waals surface area contributed by atoms with Gasteiger partial charge in [-0.3, -0.25) is 14.3 Å². The normalized spacial score (nSPS) is 18.8. The number of aromatic nitrogens is 5. The fourth-order valence-electron chi connectivity index (χ4n) is 5.34. The average Bonchev–Trinajstić information content (AvgIpc) is 3.66. The number of nitrogens with one attached hydrogen (secondary N) is 2. The maximum atomic E-state index is 13.3. The van der Waals surface area contributed by atoms with E-state index in [2.05, 4.69) is 25.8 Å². The molecule has 11 nitrogen and oxygen atoms in total. The molecule has 0 spiro atoms. The Morgan fingerprint density at radius 1 is 1.27 bits per heavy atom. The number of hydrogen-bond acceptors (Lipinski definition) is 7. The number of hydrogen-bond donors (Lipinski definition) is 2. The molecule has 0 saturated carbocycles. The van der Waals surface area contributed by atoms with E-state index in [4.69, 9.17) is 16.3 Å². The average molecular weight is 571 g/mol. The third-order valence-corrected chi connectivity index (χ3v) is 7.43. The number of amides is 2. The van der Waals surface area contributed by atoms with Crippen LogP contribution in [0.15, 0.2) is 49.1 Å². The molecule has 2 saturated heterocycles. The molecule has 2 fully saturated rings. The third kappa shape index (κ3) is 5.21. The topological polar surface area (TPSA) is 119 Å². The Kier molecular flexibility index (Phi) is 7.07. The van der Waals surface area contributed by atoms with Crippen molar-refractivity contribution >= 4 is 34.7 Å². The van der Waals surface area contributed by atoms with Gasteiger partial charge in [0.2, 0.25) is 5.91 Å². The summed E-state index contributed by atoms with van der Waals surface area (Å²) < 4.78 is 34.0. The summed E-state index contributed by atoms with van der Waals surface area (Å²) in [5.74, 6) is -0.446. The number of anilines is 1. The Hall–Kier alpha value is -4.10. The Morgan fingerprint density at radius 3 is 2.98 bits per heavy atom. The lowest BCUT2D eigenvalue weighted by Gasteiger charge is -2.24. The van der Waals surface area contributed by atoms with Gasteiger partial charge in [-0.15, -0.1) is 0 Å². The number of fused-ring (bicyclic) bond motifs is 2. The highest BCUT2D eigenvalue weighted by Crippen LogP contribution is 2.37. The van der Waals surface area contributed by atoms with Gasteiger partial charge in [-0.1, -0.05) is 11.6 Å². The molecule has 4 aromatic rings. The second-order valence-corrected chi connectivity index (χ2v) is 10.2. The van der Waals surface area contributed by atoms with E-state index in [1.54, 1.807) is 12.3 Å². The van der Waals surface area contributed by atoms with Crippen LogP contribution in [0.4, 0.5) is 14.5 Å². The highest BCUT2D eigenvalue weighted by atomic mass is 35.5. The van der Waals surface area contributed by atoms with Crippen LogP contribution < -0.4 is 15.4 Å². The fourth-order valence-corrected chi connectivity index (χ4v) is 5.52. The first-order chi connectivity index (χ1) is 19.4. The zero-order valence-electron chi connectivity index (χ0n) is 21.1. The van der Waals surface area contributed by atoms with Crippen molar-refractivity contribution in [1.82, 2.24) is 34.6 Å². The van der Waals surface area contributed by atoms with Crippen molar-refractivity contribution in [3.05, 3.63) is 59.6 Å². The van der Waals surface area contributed by atoms with Crippen LogP contribution in [0, 0.1) is 5.92 Å². The Bertz CT molecular complexity index is 1560.